The lowest BCUT2D eigenvalue weighted by Gasteiger charge is -2.12. The molecule has 6 aromatic rings. The average Bonchev–Trinajstić information content (AvgIpc) is 3.68. The highest BCUT2D eigenvalue weighted by Crippen LogP contribution is 2.34. The Hall–Kier alpha value is -5.34. The van der Waals surface area contributed by atoms with Crippen LogP contribution in [0.25, 0.3) is 50.7 Å². The van der Waals surface area contributed by atoms with Crippen molar-refractivity contribution < 1.29 is 0 Å². The third kappa shape index (κ3) is 7.25. The van der Waals surface area contributed by atoms with E-state index < -0.39 is 0 Å². The molecular formula is C47H50N2. The largest absolute Gasteiger partial charge is 0.320 e. The molecule has 0 N–H and O–H groups in total. The van der Waals surface area contributed by atoms with E-state index >= 15 is 0 Å². The first-order valence-electron chi connectivity index (χ1n) is 17.9. The molecule has 2 heterocycles. The van der Waals surface area contributed by atoms with E-state index in [1.54, 1.807) is 0 Å². The summed E-state index contributed by atoms with van der Waals surface area (Å²) in [6.45, 7) is 16.4. The van der Waals surface area contributed by atoms with Gasteiger partial charge in [0.05, 0.1) is 16.6 Å². The minimum Gasteiger partial charge on any atom is -0.320 e. The highest BCUT2D eigenvalue weighted by Gasteiger charge is 2.16. The van der Waals surface area contributed by atoms with Gasteiger partial charge in [-0.25, -0.2) is 0 Å². The molecular weight excluding hydrogens is 593 g/mol. The van der Waals surface area contributed by atoms with E-state index in [0.717, 1.165) is 18.4 Å². The van der Waals surface area contributed by atoms with Gasteiger partial charge in [-0.05, 0) is 78.8 Å². The highest BCUT2D eigenvalue weighted by atomic mass is 15.0. The second kappa shape index (κ2) is 16.7. The van der Waals surface area contributed by atoms with Crippen LogP contribution in [0.2, 0.25) is 0 Å². The molecule has 49 heavy (non-hydrogen) atoms. The van der Waals surface area contributed by atoms with Crippen molar-refractivity contribution in [1.82, 2.24) is 9.13 Å². The minimum atomic E-state index is 0.260. The first-order valence-corrected chi connectivity index (χ1v) is 17.9. The molecule has 2 heteroatoms. The fourth-order valence-electron chi connectivity index (χ4n) is 6.70. The maximum absolute atomic E-state index is 3.99. The van der Waals surface area contributed by atoms with Crippen molar-refractivity contribution >= 4 is 45.0 Å². The van der Waals surface area contributed by atoms with Crippen LogP contribution in [0.1, 0.15) is 70.7 Å². The fourth-order valence-corrected chi connectivity index (χ4v) is 6.70. The lowest BCUT2D eigenvalue weighted by Crippen LogP contribution is -1.99. The van der Waals surface area contributed by atoms with Crippen LogP contribution in [0.3, 0.4) is 0 Å². The van der Waals surface area contributed by atoms with Crippen LogP contribution in [0, 0.1) is 0 Å². The Morgan fingerprint density at radius 1 is 0.755 bits per heavy atom. The number of aromatic nitrogens is 2. The Labute approximate surface area is 293 Å². The highest BCUT2D eigenvalue weighted by molar-refractivity contribution is 6.09. The van der Waals surface area contributed by atoms with Crippen molar-refractivity contribution in [3.8, 4) is 5.69 Å². The molecule has 0 aliphatic heterocycles. The van der Waals surface area contributed by atoms with Gasteiger partial charge in [-0.15, -0.1) is 0 Å². The molecule has 248 valence electrons. The SMILES string of the molecule is C=C/C=C(\C=C\n1c2c(c3ccccc31)C=CCC2)C(/C)=C/C=C\C(C)c1cccc(-n2c3ccccc3c3ccccc32)c1.CC.CC. The van der Waals surface area contributed by atoms with Gasteiger partial charge in [-0.2, -0.15) is 0 Å². The van der Waals surface area contributed by atoms with Crippen LogP contribution >= 0.6 is 0 Å². The van der Waals surface area contributed by atoms with Gasteiger partial charge in [0.2, 0.25) is 0 Å². The van der Waals surface area contributed by atoms with E-state index in [2.05, 4.69) is 175 Å². The van der Waals surface area contributed by atoms with Crippen LogP contribution in [-0.4, -0.2) is 9.13 Å². The molecule has 1 aliphatic rings. The van der Waals surface area contributed by atoms with Gasteiger partial charge in [0, 0.05) is 39.3 Å². The number of hydrogen-bond acceptors (Lipinski definition) is 0. The topological polar surface area (TPSA) is 9.86 Å². The van der Waals surface area contributed by atoms with E-state index in [9.17, 15) is 0 Å². The number of hydrogen-bond donors (Lipinski definition) is 0. The number of nitrogens with zero attached hydrogens (tertiary/aromatic N) is 2. The minimum absolute atomic E-state index is 0.260. The second-order valence-electron chi connectivity index (χ2n) is 11.8. The van der Waals surface area contributed by atoms with Crippen molar-refractivity contribution in [2.24, 2.45) is 0 Å². The molecule has 0 saturated carbocycles. The maximum atomic E-state index is 3.99. The Bertz CT molecular complexity index is 2150. The van der Waals surface area contributed by atoms with Gasteiger partial charge in [-0.1, -0.05) is 150 Å². The molecule has 0 radical (unpaired) electrons. The van der Waals surface area contributed by atoms with Crippen LogP contribution < -0.4 is 0 Å². The number of benzene rings is 4. The first-order chi connectivity index (χ1) is 24.1. The number of fused-ring (bicyclic) bond motifs is 6. The molecule has 0 fully saturated rings. The summed E-state index contributed by atoms with van der Waals surface area (Å²) in [5.41, 5.74) is 11.3. The molecule has 0 saturated heterocycles. The first kappa shape index (κ1) is 35.0. The molecule has 2 nitrogen and oxygen atoms in total. The summed E-state index contributed by atoms with van der Waals surface area (Å²) in [6, 6.07) is 35.0. The molecule has 0 spiro atoms. The fraction of sp³-hybridized carbons (Fsp3) is 0.191. The summed E-state index contributed by atoms with van der Waals surface area (Å²) in [5, 5.41) is 3.88. The third-order valence-corrected chi connectivity index (χ3v) is 9.02. The maximum Gasteiger partial charge on any atom is 0.0541 e. The van der Waals surface area contributed by atoms with Gasteiger partial charge in [0.1, 0.15) is 0 Å². The number of rotatable bonds is 8. The lowest BCUT2D eigenvalue weighted by atomic mass is 9.99. The summed E-state index contributed by atoms with van der Waals surface area (Å²) in [4.78, 5) is 0. The normalized spacial score (nSPS) is 13.8. The van der Waals surface area contributed by atoms with Crippen LogP contribution in [0.5, 0.6) is 0 Å². The van der Waals surface area contributed by atoms with Crippen molar-refractivity contribution in [2.45, 2.75) is 60.3 Å². The monoisotopic (exact) mass is 642 g/mol. The van der Waals surface area contributed by atoms with Crippen LogP contribution in [0.4, 0.5) is 0 Å². The predicted octanol–water partition coefficient (Wildman–Crippen LogP) is 13.6. The van der Waals surface area contributed by atoms with Crippen LogP contribution in [-0.2, 0) is 6.42 Å². The van der Waals surface area contributed by atoms with Gasteiger partial charge in [-0.3, -0.25) is 0 Å². The standard InChI is InChI=1S/C43H38N2.2C2H6/c1-4-15-33(28-29-44-40-24-9-5-20-36(40)37-21-6-10-25-41(37)44)31(2)16-13-17-32(3)34-18-14-19-35(30-34)45-42-26-11-7-22-38(42)39-23-8-12-27-43(39)45;2*1-2/h4-9,11-24,26-30,32H,1,10,25H2,2-3H3;2*1-2H3/b17-13-,29-28+,31-16+,33-15+;;. The Morgan fingerprint density at radius 2 is 1.39 bits per heavy atom. The van der Waals surface area contributed by atoms with Crippen molar-refractivity contribution in [3.05, 3.63) is 174 Å². The van der Waals surface area contributed by atoms with Crippen molar-refractivity contribution in [3.63, 3.8) is 0 Å². The Morgan fingerprint density at radius 3 is 2.06 bits per heavy atom. The quantitative estimate of drug-likeness (QED) is 0.146. The Balaban J connectivity index is 0.00000113. The van der Waals surface area contributed by atoms with Gasteiger partial charge < -0.3 is 9.13 Å². The summed E-state index contributed by atoms with van der Waals surface area (Å²) < 4.78 is 4.75. The molecule has 2 aromatic heterocycles. The zero-order valence-corrected chi connectivity index (χ0v) is 30.0. The van der Waals surface area contributed by atoms with E-state index in [1.165, 1.54) is 60.8 Å². The predicted molar refractivity (Wildman–Crippen MR) is 218 cm³/mol. The molecule has 1 unspecified atom stereocenters. The second-order valence-corrected chi connectivity index (χ2v) is 11.8. The van der Waals surface area contributed by atoms with Gasteiger partial charge in [0.15, 0.2) is 0 Å². The lowest BCUT2D eigenvalue weighted by molar-refractivity contribution is 0.910. The van der Waals surface area contributed by atoms with Crippen molar-refractivity contribution in [2.75, 3.05) is 0 Å². The summed E-state index contributed by atoms with van der Waals surface area (Å²) in [7, 11) is 0. The molecule has 1 atom stereocenters. The average molecular weight is 643 g/mol. The zero-order valence-electron chi connectivity index (χ0n) is 30.0. The molecule has 7 rings (SSSR count). The van der Waals surface area contributed by atoms with E-state index in [-0.39, 0.29) is 5.92 Å². The third-order valence-electron chi connectivity index (χ3n) is 9.02. The summed E-state index contributed by atoms with van der Waals surface area (Å²) >= 11 is 0. The Kier molecular flexibility index (Phi) is 11.9. The smallest absolute Gasteiger partial charge is 0.0541 e. The zero-order chi connectivity index (χ0) is 34.8. The van der Waals surface area contributed by atoms with Gasteiger partial charge in [0.25, 0.3) is 0 Å². The summed E-state index contributed by atoms with van der Waals surface area (Å²) in [5.74, 6) is 0.260. The molecule has 1 aliphatic carbocycles. The molecule has 0 bridgehead atoms. The van der Waals surface area contributed by atoms with E-state index in [0.29, 0.717) is 0 Å². The molecule has 4 aromatic carbocycles. The van der Waals surface area contributed by atoms with Gasteiger partial charge >= 0.3 is 0 Å². The molecule has 0 amide bonds. The van der Waals surface area contributed by atoms with E-state index in [1.807, 2.05) is 33.8 Å². The number of allylic oxidation sites excluding steroid dienone is 9. The van der Waals surface area contributed by atoms with E-state index in [4.69, 9.17) is 0 Å². The number of para-hydroxylation sites is 3. The van der Waals surface area contributed by atoms with Crippen LogP contribution in [0.15, 0.2) is 157 Å². The summed E-state index contributed by atoms with van der Waals surface area (Å²) in [6.07, 6.45) is 21.8. The van der Waals surface area contributed by atoms with Crippen molar-refractivity contribution in [1.29, 1.82) is 0 Å².